The maximum absolute atomic E-state index is 11.2. The molecular formula is C27H55N7O14. The largest absolute Gasteiger partial charge is 0.394 e. The van der Waals surface area contributed by atoms with Crippen LogP contribution in [0.2, 0.25) is 0 Å². The van der Waals surface area contributed by atoms with Crippen LogP contribution in [-0.2, 0) is 33.2 Å². The van der Waals surface area contributed by atoms with Crippen LogP contribution in [0.3, 0.4) is 0 Å². The first-order chi connectivity index (χ1) is 22.9. The summed E-state index contributed by atoms with van der Waals surface area (Å²) in [5.74, 6) is 0. The van der Waals surface area contributed by atoms with E-state index in [0.717, 1.165) is 0 Å². The molecule has 1 aliphatic carbocycles. The van der Waals surface area contributed by atoms with Crippen molar-refractivity contribution in [2.24, 2.45) is 34.4 Å². The third-order valence-electron chi connectivity index (χ3n) is 9.21. The number of nitrogens with two attached hydrogens (primary N) is 6. The van der Waals surface area contributed by atoms with Crippen LogP contribution < -0.4 is 39.7 Å². The van der Waals surface area contributed by atoms with Crippen molar-refractivity contribution in [1.82, 2.24) is 5.32 Å². The van der Waals surface area contributed by atoms with E-state index in [1.165, 1.54) is 0 Å². The standard InChI is InChI=1S/C27H55N7O14/c28-1-2-34-3-4-42-24-22(47-25-14(32)19(40)17(38)11(6-29)43-25)13(8-36)45-27(24)48-23-16(37)9(30)5-10(31)21(23)46-26-15(33)20(41)18(39)12(7-35)44-26/h9-27,34-41H,1-8,28-33H2/t9-,10+,11-,12-,13-,14+,15-,16+,17+,18-,19+,20-,21-,22-,23-,24-,25+,26-,27+/m1/s1. The zero-order valence-electron chi connectivity index (χ0n) is 26.6. The molecule has 0 aromatic heterocycles. The summed E-state index contributed by atoms with van der Waals surface area (Å²) in [5, 5.41) is 75.8. The summed E-state index contributed by atoms with van der Waals surface area (Å²) in [5.41, 5.74) is 36.1. The van der Waals surface area contributed by atoms with Gasteiger partial charge in [0, 0.05) is 38.3 Å². The molecule has 3 aliphatic heterocycles. The maximum Gasteiger partial charge on any atom is 0.187 e. The van der Waals surface area contributed by atoms with E-state index in [9.17, 15) is 35.7 Å². The zero-order valence-corrected chi connectivity index (χ0v) is 26.6. The molecule has 3 saturated heterocycles. The molecule has 4 fully saturated rings. The predicted octanol–water partition coefficient (Wildman–Crippen LogP) is -9.29. The number of hydrogen-bond donors (Lipinski definition) is 14. The topological polar surface area (TPSA) is 374 Å². The van der Waals surface area contributed by atoms with Gasteiger partial charge in [0.15, 0.2) is 18.9 Å². The van der Waals surface area contributed by atoms with Gasteiger partial charge in [0.25, 0.3) is 0 Å². The molecule has 21 nitrogen and oxygen atoms in total. The number of nitrogens with one attached hydrogen (secondary N) is 1. The summed E-state index contributed by atoms with van der Waals surface area (Å²) in [6.45, 7) is -0.0789. The lowest BCUT2D eigenvalue weighted by molar-refractivity contribution is -0.311. The molecule has 0 radical (unpaired) electrons. The molecule has 1 saturated carbocycles. The smallest absolute Gasteiger partial charge is 0.187 e. The van der Waals surface area contributed by atoms with Crippen LogP contribution in [0.1, 0.15) is 6.42 Å². The average Bonchev–Trinajstić information content (AvgIpc) is 3.40. The van der Waals surface area contributed by atoms with Crippen LogP contribution >= 0.6 is 0 Å². The zero-order chi connectivity index (χ0) is 35.3. The molecule has 48 heavy (non-hydrogen) atoms. The third-order valence-corrected chi connectivity index (χ3v) is 9.21. The van der Waals surface area contributed by atoms with Crippen molar-refractivity contribution < 1.29 is 68.9 Å². The van der Waals surface area contributed by atoms with E-state index in [4.69, 9.17) is 67.6 Å². The van der Waals surface area contributed by atoms with Crippen molar-refractivity contribution in [2.75, 3.05) is 46.0 Å². The van der Waals surface area contributed by atoms with Gasteiger partial charge in [0.05, 0.1) is 38.0 Å². The van der Waals surface area contributed by atoms with Gasteiger partial charge in [0.2, 0.25) is 0 Å². The minimum Gasteiger partial charge on any atom is -0.394 e. The van der Waals surface area contributed by atoms with Crippen LogP contribution in [-0.4, -0.2) is 198 Å². The molecule has 19 atom stereocenters. The number of aliphatic hydroxyl groups excluding tert-OH is 7. The Balaban J connectivity index is 1.58. The van der Waals surface area contributed by atoms with Gasteiger partial charge < -0.3 is 109 Å². The third kappa shape index (κ3) is 8.78. The van der Waals surface area contributed by atoms with E-state index in [1.54, 1.807) is 0 Å². The second kappa shape index (κ2) is 18.1. The highest BCUT2D eigenvalue weighted by atomic mass is 16.8. The second-order valence-electron chi connectivity index (χ2n) is 12.6. The second-order valence-corrected chi connectivity index (χ2v) is 12.6. The Labute approximate surface area is 277 Å². The van der Waals surface area contributed by atoms with Gasteiger partial charge in [-0.2, -0.15) is 0 Å². The highest BCUT2D eigenvalue weighted by Crippen LogP contribution is 2.35. The van der Waals surface area contributed by atoms with Crippen molar-refractivity contribution in [3.63, 3.8) is 0 Å². The van der Waals surface area contributed by atoms with E-state index < -0.39 is 129 Å². The minimum absolute atomic E-state index is 0.0793. The van der Waals surface area contributed by atoms with Crippen LogP contribution in [0.15, 0.2) is 0 Å². The Hall–Kier alpha value is -0.840. The Morgan fingerprint density at radius 1 is 0.583 bits per heavy atom. The number of rotatable bonds is 15. The van der Waals surface area contributed by atoms with E-state index in [0.29, 0.717) is 19.6 Å². The molecule has 3 heterocycles. The quantitative estimate of drug-likeness (QED) is 0.0704. The van der Waals surface area contributed by atoms with Crippen LogP contribution in [0.4, 0.5) is 0 Å². The highest BCUT2D eigenvalue weighted by molar-refractivity contribution is 5.02. The molecule has 21 heteroatoms. The molecule has 0 bridgehead atoms. The average molecular weight is 702 g/mol. The SMILES string of the molecule is NCCNCCO[C@H]1[C@H](O[C@@H]2[C@@H](O)[C@H](N)C[C@H](N)[C@H]2O[C@H]2O[C@H](CO)[C@@H](O)[C@H](O)[C@H]2N)O[C@H](CO)[C@H]1O[C@@H]1O[C@H](CN)[C@H](O)[C@@H](O)[C@@H]1N. The minimum atomic E-state index is -1.52. The van der Waals surface area contributed by atoms with E-state index in [1.807, 2.05) is 0 Å². The fraction of sp³-hybridized carbons (Fsp3) is 1.00. The summed E-state index contributed by atoms with van der Waals surface area (Å²) in [7, 11) is 0. The molecule has 0 unspecified atom stereocenters. The summed E-state index contributed by atoms with van der Waals surface area (Å²) >= 11 is 0. The van der Waals surface area contributed by atoms with Crippen molar-refractivity contribution in [3.05, 3.63) is 0 Å². The van der Waals surface area contributed by atoms with Gasteiger partial charge in [-0.1, -0.05) is 0 Å². The van der Waals surface area contributed by atoms with Crippen molar-refractivity contribution >= 4 is 0 Å². The Bertz CT molecular complexity index is 966. The van der Waals surface area contributed by atoms with Gasteiger partial charge >= 0.3 is 0 Å². The van der Waals surface area contributed by atoms with E-state index in [-0.39, 0.29) is 19.6 Å². The molecule has 0 spiro atoms. The highest BCUT2D eigenvalue weighted by Gasteiger charge is 2.55. The number of ether oxygens (including phenoxy) is 7. The van der Waals surface area contributed by atoms with Crippen molar-refractivity contribution in [1.29, 1.82) is 0 Å². The summed E-state index contributed by atoms with van der Waals surface area (Å²) in [6, 6.07) is -4.23. The van der Waals surface area contributed by atoms with Gasteiger partial charge in [-0.05, 0) is 6.42 Å². The number of aliphatic hydroxyl groups is 7. The van der Waals surface area contributed by atoms with Gasteiger partial charge in [-0.3, -0.25) is 0 Å². The molecule has 4 aliphatic rings. The molecule has 0 amide bonds. The van der Waals surface area contributed by atoms with E-state index >= 15 is 0 Å². The first kappa shape index (κ1) is 39.9. The Morgan fingerprint density at radius 3 is 1.71 bits per heavy atom. The van der Waals surface area contributed by atoms with Gasteiger partial charge in [-0.25, -0.2) is 0 Å². The fourth-order valence-corrected chi connectivity index (χ4v) is 6.35. The Morgan fingerprint density at radius 2 is 1.12 bits per heavy atom. The van der Waals surface area contributed by atoms with Gasteiger partial charge in [-0.15, -0.1) is 0 Å². The molecule has 20 N–H and O–H groups in total. The summed E-state index contributed by atoms with van der Waals surface area (Å²) in [4.78, 5) is 0. The van der Waals surface area contributed by atoms with Crippen LogP contribution in [0.25, 0.3) is 0 Å². The summed E-state index contributed by atoms with van der Waals surface area (Å²) < 4.78 is 42.1. The first-order valence-corrected chi connectivity index (χ1v) is 16.2. The van der Waals surface area contributed by atoms with E-state index in [2.05, 4.69) is 5.32 Å². The normalized spacial score (nSPS) is 48.6. The molecule has 0 aromatic rings. The monoisotopic (exact) mass is 701 g/mol. The Kier molecular flexibility index (Phi) is 15.0. The number of hydrogen-bond acceptors (Lipinski definition) is 21. The van der Waals surface area contributed by atoms with Gasteiger partial charge in [0.1, 0.15) is 67.1 Å². The molecule has 0 aromatic carbocycles. The van der Waals surface area contributed by atoms with Crippen LogP contribution in [0, 0.1) is 0 Å². The fourth-order valence-electron chi connectivity index (χ4n) is 6.35. The lowest BCUT2D eigenvalue weighted by atomic mass is 9.84. The van der Waals surface area contributed by atoms with Crippen molar-refractivity contribution in [3.8, 4) is 0 Å². The summed E-state index contributed by atoms with van der Waals surface area (Å²) in [6.07, 6.45) is -19.3. The first-order valence-electron chi connectivity index (χ1n) is 16.2. The lowest BCUT2D eigenvalue weighted by Crippen LogP contribution is -2.68. The molecule has 4 rings (SSSR count). The predicted molar refractivity (Wildman–Crippen MR) is 162 cm³/mol. The lowest BCUT2D eigenvalue weighted by Gasteiger charge is -2.47. The van der Waals surface area contributed by atoms with Crippen LogP contribution in [0.5, 0.6) is 0 Å². The molecular weight excluding hydrogens is 646 g/mol. The molecule has 282 valence electrons. The van der Waals surface area contributed by atoms with Crippen molar-refractivity contribution in [2.45, 2.75) is 123 Å². The maximum atomic E-state index is 11.2.